The molecule has 1 heterocycles. The first kappa shape index (κ1) is 15.9. The Bertz CT molecular complexity index is 597. The van der Waals surface area contributed by atoms with E-state index in [0.717, 1.165) is 6.07 Å². The fourth-order valence-electron chi connectivity index (χ4n) is 2.58. The number of nitrogens with zero attached hydrogens (tertiary/aromatic N) is 3. The molecule has 0 saturated carbocycles. The number of carbonyl (C=O) groups is 1. The highest BCUT2D eigenvalue weighted by molar-refractivity contribution is 5.66. The molecule has 22 heavy (non-hydrogen) atoms. The van der Waals surface area contributed by atoms with Crippen LogP contribution in [0, 0.1) is 10.1 Å². The highest BCUT2D eigenvalue weighted by Crippen LogP contribution is 2.34. The molecule has 1 saturated heterocycles. The van der Waals surface area contributed by atoms with Crippen molar-refractivity contribution in [2.45, 2.75) is 19.4 Å². The van der Waals surface area contributed by atoms with Crippen LogP contribution >= 0.6 is 0 Å². The standard InChI is InChI=1S/C13H15F2N3O4/c1-8-7-16(4-5-17(8)13(19)20)11-3-2-9(18(21)22)6-10(11)12(14)15/h2-3,6,8,12H,4-5,7H2,1H3,(H,19,20). The van der Waals surface area contributed by atoms with E-state index in [-0.39, 0.29) is 31.4 Å². The maximum atomic E-state index is 13.2. The van der Waals surface area contributed by atoms with Gasteiger partial charge in [0.05, 0.1) is 4.92 Å². The quantitative estimate of drug-likeness (QED) is 0.684. The summed E-state index contributed by atoms with van der Waals surface area (Å²) in [6.07, 6.45) is -3.90. The molecule has 1 aromatic rings. The molecule has 7 nitrogen and oxygen atoms in total. The molecule has 2 rings (SSSR count). The first-order chi connectivity index (χ1) is 10.3. The van der Waals surface area contributed by atoms with Gasteiger partial charge in [-0.25, -0.2) is 13.6 Å². The molecule has 1 unspecified atom stereocenters. The maximum Gasteiger partial charge on any atom is 0.407 e. The normalized spacial score (nSPS) is 18.6. The van der Waals surface area contributed by atoms with E-state index >= 15 is 0 Å². The Kier molecular flexibility index (Phi) is 4.43. The second-order valence-corrected chi connectivity index (χ2v) is 5.07. The van der Waals surface area contributed by atoms with Gasteiger partial charge in [-0.15, -0.1) is 0 Å². The van der Waals surface area contributed by atoms with Crippen LogP contribution < -0.4 is 4.90 Å². The second kappa shape index (κ2) is 6.12. The van der Waals surface area contributed by atoms with Crippen LogP contribution in [0.5, 0.6) is 0 Å². The van der Waals surface area contributed by atoms with Crippen LogP contribution in [0.25, 0.3) is 0 Å². The van der Waals surface area contributed by atoms with E-state index in [4.69, 9.17) is 5.11 Å². The Balaban J connectivity index is 2.29. The Morgan fingerprint density at radius 2 is 2.14 bits per heavy atom. The van der Waals surface area contributed by atoms with Crippen molar-refractivity contribution in [1.29, 1.82) is 0 Å². The number of hydrogen-bond acceptors (Lipinski definition) is 4. The fourth-order valence-corrected chi connectivity index (χ4v) is 2.58. The third-order valence-electron chi connectivity index (χ3n) is 3.67. The number of nitro groups is 1. The van der Waals surface area contributed by atoms with E-state index in [9.17, 15) is 23.7 Å². The van der Waals surface area contributed by atoms with E-state index in [1.165, 1.54) is 17.0 Å². The highest BCUT2D eigenvalue weighted by atomic mass is 19.3. The summed E-state index contributed by atoms with van der Waals surface area (Å²) in [6, 6.07) is 2.99. The van der Waals surface area contributed by atoms with Gasteiger partial charge in [0.2, 0.25) is 0 Å². The number of anilines is 1. The molecule has 1 amide bonds. The van der Waals surface area contributed by atoms with Gasteiger partial charge in [0.15, 0.2) is 0 Å². The fraction of sp³-hybridized carbons (Fsp3) is 0.462. The Labute approximate surface area is 124 Å². The lowest BCUT2D eigenvalue weighted by molar-refractivity contribution is -0.385. The van der Waals surface area contributed by atoms with Gasteiger partial charge in [-0.05, 0) is 13.0 Å². The summed E-state index contributed by atoms with van der Waals surface area (Å²) < 4.78 is 26.3. The van der Waals surface area contributed by atoms with E-state index in [0.29, 0.717) is 0 Å². The van der Waals surface area contributed by atoms with Crippen molar-refractivity contribution in [2.75, 3.05) is 24.5 Å². The lowest BCUT2D eigenvalue weighted by atomic mass is 10.1. The number of amides is 1. The van der Waals surface area contributed by atoms with Gasteiger partial charge in [0.25, 0.3) is 12.1 Å². The number of piperazine rings is 1. The molecule has 0 aromatic heterocycles. The van der Waals surface area contributed by atoms with Crippen LogP contribution in [-0.4, -0.2) is 46.7 Å². The van der Waals surface area contributed by atoms with Gasteiger partial charge in [-0.1, -0.05) is 0 Å². The molecule has 0 radical (unpaired) electrons. The first-order valence-corrected chi connectivity index (χ1v) is 6.62. The number of nitro benzene ring substituents is 1. The summed E-state index contributed by atoms with van der Waals surface area (Å²) >= 11 is 0. The summed E-state index contributed by atoms with van der Waals surface area (Å²) in [5, 5.41) is 19.7. The number of benzene rings is 1. The summed E-state index contributed by atoms with van der Waals surface area (Å²) in [5.41, 5.74) is -0.598. The Morgan fingerprint density at radius 1 is 1.45 bits per heavy atom. The van der Waals surface area contributed by atoms with Gasteiger partial charge < -0.3 is 14.9 Å². The van der Waals surface area contributed by atoms with Crippen LogP contribution in [0.2, 0.25) is 0 Å². The zero-order valence-corrected chi connectivity index (χ0v) is 11.8. The molecule has 1 aliphatic heterocycles. The minimum absolute atomic E-state index is 0.191. The third-order valence-corrected chi connectivity index (χ3v) is 3.67. The number of non-ortho nitro benzene ring substituents is 1. The molecule has 0 bridgehead atoms. The van der Waals surface area contributed by atoms with Gasteiger partial charge in [0.1, 0.15) is 0 Å². The zero-order valence-electron chi connectivity index (χ0n) is 11.8. The topological polar surface area (TPSA) is 86.9 Å². The Hall–Kier alpha value is -2.45. The molecule has 120 valence electrons. The number of rotatable bonds is 3. The SMILES string of the molecule is CC1CN(c2ccc([N+](=O)[O-])cc2C(F)F)CCN1C(=O)O. The van der Waals surface area contributed by atoms with Gasteiger partial charge in [-0.3, -0.25) is 10.1 Å². The molecule has 0 spiro atoms. The van der Waals surface area contributed by atoms with Crippen LogP contribution in [-0.2, 0) is 0 Å². The first-order valence-electron chi connectivity index (χ1n) is 6.62. The lowest BCUT2D eigenvalue weighted by Crippen LogP contribution is -2.53. The van der Waals surface area contributed by atoms with Crippen LogP contribution in [0.1, 0.15) is 18.9 Å². The lowest BCUT2D eigenvalue weighted by Gasteiger charge is -2.40. The van der Waals surface area contributed by atoms with E-state index in [1.807, 2.05) is 0 Å². The number of halogens is 2. The number of alkyl halides is 2. The van der Waals surface area contributed by atoms with Crippen molar-refractivity contribution in [3.8, 4) is 0 Å². The van der Waals surface area contributed by atoms with Crippen molar-refractivity contribution in [1.82, 2.24) is 4.90 Å². The number of hydrogen-bond donors (Lipinski definition) is 1. The van der Waals surface area contributed by atoms with Gasteiger partial charge in [-0.2, -0.15) is 0 Å². The minimum Gasteiger partial charge on any atom is -0.465 e. The molecule has 1 aromatic carbocycles. The second-order valence-electron chi connectivity index (χ2n) is 5.07. The van der Waals surface area contributed by atoms with Gasteiger partial charge >= 0.3 is 6.09 Å². The van der Waals surface area contributed by atoms with Crippen molar-refractivity contribution in [3.05, 3.63) is 33.9 Å². The van der Waals surface area contributed by atoms with E-state index < -0.39 is 28.7 Å². The van der Waals surface area contributed by atoms with Crippen LogP contribution in [0.4, 0.5) is 25.0 Å². The monoisotopic (exact) mass is 315 g/mol. The molecule has 0 aliphatic carbocycles. The summed E-state index contributed by atoms with van der Waals surface area (Å²) in [7, 11) is 0. The average molecular weight is 315 g/mol. The smallest absolute Gasteiger partial charge is 0.407 e. The summed E-state index contributed by atoms with van der Waals surface area (Å²) in [6.45, 7) is 2.39. The van der Waals surface area contributed by atoms with E-state index in [2.05, 4.69) is 0 Å². The average Bonchev–Trinajstić information content (AvgIpc) is 2.45. The number of carboxylic acid groups (broad SMARTS) is 1. The Morgan fingerprint density at radius 3 is 2.64 bits per heavy atom. The van der Waals surface area contributed by atoms with Crippen molar-refractivity contribution in [2.24, 2.45) is 0 Å². The van der Waals surface area contributed by atoms with Crippen molar-refractivity contribution >= 4 is 17.5 Å². The predicted octanol–water partition coefficient (Wildman–Crippen LogP) is 2.72. The molecule has 1 fully saturated rings. The summed E-state index contributed by atoms with van der Waals surface area (Å²) in [4.78, 5) is 23.9. The summed E-state index contributed by atoms with van der Waals surface area (Å²) in [5.74, 6) is 0. The maximum absolute atomic E-state index is 13.2. The molecule has 1 N–H and O–H groups in total. The van der Waals surface area contributed by atoms with Crippen LogP contribution in [0.3, 0.4) is 0 Å². The predicted molar refractivity (Wildman–Crippen MR) is 74.5 cm³/mol. The molecule has 1 aliphatic rings. The van der Waals surface area contributed by atoms with Gasteiger partial charge in [0, 0.05) is 49.1 Å². The molecular weight excluding hydrogens is 300 g/mol. The molecule has 9 heteroatoms. The highest BCUT2D eigenvalue weighted by Gasteiger charge is 2.30. The van der Waals surface area contributed by atoms with E-state index in [1.54, 1.807) is 11.8 Å². The van der Waals surface area contributed by atoms with Crippen molar-refractivity contribution < 1.29 is 23.6 Å². The van der Waals surface area contributed by atoms with Crippen LogP contribution in [0.15, 0.2) is 18.2 Å². The molecule has 1 atom stereocenters. The third kappa shape index (κ3) is 3.07. The van der Waals surface area contributed by atoms with Crippen molar-refractivity contribution in [3.63, 3.8) is 0 Å². The molecular formula is C13H15F2N3O4. The minimum atomic E-state index is -2.84. The zero-order chi connectivity index (χ0) is 16.4. The largest absolute Gasteiger partial charge is 0.465 e.